The third kappa shape index (κ3) is 3.21. The predicted molar refractivity (Wildman–Crippen MR) is 68.7 cm³/mol. The van der Waals surface area contributed by atoms with Crippen LogP contribution in [0.1, 0.15) is 11.6 Å². The molecule has 1 unspecified atom stereocenters. The number of methoxy groups -OCH3 is 1. The van der Waals surface area contributed by atoms with Gasteiger partial charge in [0.15, 0.2) is 0 Å². The van der Waals surface area contributed by atoms with Crippen molar-refractivity contribution in [3.05, 3.63) is 34.2 Å². The topological polar surface area (TPSA) is 110 Å². The van der Waals surface area contributed by atoms with Gasteiger partial charge in [-0.25, -0.2) is 9.59 Å². The van der Waals surface area contributed by atoms with Crippen LogP contribution in [-0.4, -0.2) is 36.3 Å². The summed E-state index contributed by atoms with van der Waals surface area (Å²) in [4.78, 5) is 27.3. The molecule has 0 spiro atoms. The van der Waals surface area contributed by atoms with Crippen LogP contribution in [0.2, 0.25) is 0 Å². The van der Waals surface area contributed by atoms with Crippen LogP contribution < -0.4 is 11.4 Å². The van der Waals surface area contributed by atoms with Crippen LogP contribution in [0.3, 0.4) is 0 Å². The summed E-state index contributed by atoms with van der Waals surface area (Å²) in [5, 5.41) is 0. The molecule has 2 rings (SSSR count). The summed E-state index contributed by atoms with van der Waals surface area (Å²) in [5.74, 6) is -0.447. The molecule has 0 amide bonds. The fourth-order valence-electron chi connectivity index (χ4n) is 1.71. The molecule has 0 radical (unpaired) electrons. The van der Waals surface area contributed by atoms with Gasteiger partial charge in [0.05, 0.1) is 30.8 Å². The molecule has 1 atom stereocenters. The highest BCUT2D eigenvalue weighted by molar-refractivity contribution is 5.75. The lowest BCUT2D eigenvalue weighted by Gasteiger charge is -2.12. The molecule has 0 aliphatic heterocycles. The third-order valence-corrected chi connectivity index (χ3v) is 2.71. The first-order valence-corrected chi connectivity index (χ1v) is 5.72. The smallest absolute Gasteiger partial charge is 0.331 e. The molecule has 2 aromatic rings. The van der Waals surface area contributed by atoms with E-state index < -0.39 is 5.97 Å². The van der Waals surface area contributed by atoms with Crippen LogP contribution in [0.4, 0.5) is 0 Å². The van der Waals surface area contributed by atoms with Crippen molar-refractivity contribution in [2.24, 2.45) is 5.73 Å². The molecule has 7 heteroatoms. The lowest BCUT2D eigenvalue weighted by Crippen LogP contribution is -2.20. The van der Waals surface area contributed by atoms with Crippen LogP contribution in [0.15, 0.2) is 23.0 Å². The summed E-state index contributed by atoms with van der Waals surface area (Å²) in [5.41, 5.74) is 7.90. The molecule has 0 bridgehead atoms. The van der Waals surface area contributed by atoms with E-state index in [2.05, 4.69) is 14.7 Å². The van der Waals surface area contributed by atoms with Gasteiger partial charge in [0.25, 0.3) is 0 Å². The van der Waals surface area contributed by atoms with Gasteiger partial charge in [0.1, 0.15) is 6.61 Å². The summed E-state index contributed by atoms with van der Waals surface area (Å²) >= 11 is 0. The van der Waals surface area contributed by atoms with E-state index in [1.54, 1.807) is 18.2 Å². The molecule has 1 aromatic carbocycles. The summed E-state index contributed by atoms with van der Waals surface area (Å²) in [6.07, 6.45) is 0. The second-order valence-corrected chi connectivity index (χ2v) is 4.08. The number of carbonyl (C=O) groups excluding carboxylic acids is 1. The van der Waals surface area contributed by atoms with Gasteiger partial charge >= 0.3 is 11.7 Å². The Bertz CT molecular complexity index is 631. The van der Waals surface area contributed by atoms with Crippen molar-refractivity contribution in [2.45, 2.75) is 6.04 Å². The van der Waals surface area contributed by atoms with Crippen LogP contribution in [0.5, 0.6) is 0 Å². The Hall–Kier alpha value is -2.12. The van der Waals surface area contributed by atoms with Gasteiger partial charge < -0.3 is 25.2 Å². The number of esters is 1. The maximum absolute atomic E-state index is 11.1. The Kier molecular flexibility index (Phi) is 3.98. The van der Waals surface area contributed by atoms with E-state index in [1.165, 1.54) is 7.11 Å². The van der Waals surface area contributed by atoms with Gasteiger partial charge in [-0.2, -0.15) is 0 Å². The van der Waals surface area contributed by atoms with Crippen molar-refractivity contribution < 1.29 is 14.3 Å². The number of rotatable bonds is 5. The Morgan fingerprint density at radius 3 is 2.84 bits per heavy atom. The summed E-state index contributed by atoms with van der Waals surface area (Å²) in [6.45, 7) is 0.0582. The number of H-pyrrole nitrogens is 2. The summed E-state index contributed by atoms with van der Waals surface area (Å²) in [7, 11) is 1.29. The van der Waals surface area contributed by atoms with Crippen LogP contribution in [0, 0.1) is 0 Å². The molecule has 102 valence electrons. The average molecular weight is 265 g/mol. The van der Waals surface area contributed by atoms with Crippen LogP contribution in [0.25, 0.3) is 11.0 Å². The normalized spacial score (nSPS) is 12.5. The number of carbonyl (C=O) groups is 1. The van der Waals surface area contributed by atoms with Gasteiger partial charge in [-0.15, -0.1) is 0 Å². The second kappa shape index (κ2) is 5.68. The molecule has 7 nitrogen and oxygen atoms in total. The number of imidazole rings is 1. The zero-order chi connectivity index (χ0) is 13.8. The van der Waals surface area contributed by atoms with Crippen molar-refractivity contribution >= 4 is 17.0 Å². The summed E-state index contributed by atoms with van der Waals surface area (Å²) in [6, 6.07) is 4.97. The van der Waals surface area contributed by atoms with Gasteiger partial charge in [-0.05, 0) is 17.7 Å². The van der Waals surface area contributed by atoms with E-state index in [0.29, 0.717) is 5.52 Å². The van der Waals surface area contributed by atoms with Crippen molar-refractivity contribution in [1.82, 2.24) is 9.97 Å². The van der Waals surface area contributed by atoms with Crippen molar-refractivity contribution in [3.63, 3.8) is 0 Å². The first-order valence-electron chi connectivity index (χ1n) is 5.72. The van der Waals surface area contributed by atoms with E-state index in [4.69, 9.17) is 10.5 Å². The van der Waals surface area contributed by atoms with E-state index in [-0.39, 0.29) is 24.9 Å². The van der Waals surface area contributed by atoms with E-state index in [0.717, 1.165) is 11.1 Å². The number of ether oxygens (including phenoxy) is 2. The summed E-state index contributed by atoms with van der Waals surface area (Å²) < 4.78 is 9.59. The minimum atomic E-state index is -0.447. The number of aromatic nitrogens is 2. The molecule has 0 fully saturated rings. The monoisotopic (exact) mass is 265 g/mol. The molecule has 1 heterocycles. The fraction of sp³-hybridized carbons (Fsp3) is 0.333. The number of hydrogen-bond acceptors (Lipinski definition) is 5. The van der Waals surface area contributed by atoms with Crippen LogP contribution >= 0.6 is 0 Å². The van der Waals surface area contributed by atoms with Crippen molar-refractivity contribution in [3.8, 4) is 0 Å². The quantitative estimate of drug-likeness (QED) is 0.661. The molecule has 0 aliphatic carbocycles. The zero-order valence-electron chi connectivity index (χ0n) is 10.4. The van der Waals surface area contributed by atoms with Gasteiger partial charge in [-0.1, -0.05) is 6.07 Å². The maximum atomic E-state index is 11.1. The highest BCUT2D eigenvalue weighted by Gasteiger charge is 2.09. The van der Waals surface area contributed by atoms with Gasteiger partial charge in [0.2, 0.25) is 0 Å². The molecule has 4 N–H and O–H groups in total. The number of fused-ring (bicyclic) bond motifs is 1. The number of nitrogens with one attached hydrogen (secondary N) is 2. The maximum Gasteiger partial charge on any atom is 0.331 e. The Labute approximate surface area is 108 Å². The first-order chi connectivity index (χ1) is 9.10. The minimum absolute atomic E-state index is 0.132. The molecule has 19 heavy (non-hydrogen) atoms. The molecule has 0 saturated carbocycles. The third-order valence-electron chi connectivity index (χ3n) is 2.71. The first kappa shape index (κ1) is 13.3. The van der Waals surface area contributed by atoms with Gasteiger partial charge in [0, 0.05) is 0 Å². The predicted octanol–water partition coefficient (Wildman–Crippen LogP) is 0.0456. The van der Waals surface area contributed by atoms with Gasteiger partial charge in [-0.3, -0.25) is 0 Å². The number of aromatic amines is 2. The lowest BCUT2D eigenvalue weighted by molar-refractivity contribution is -0.146. The highest BCUT2D eigenvalue weighted by Crippen LogP contribution is 2.15. The molecular weight excluding hydrogens is 250 g/mol. The standard InChI is InChI=1S/C12H15N3O4/c1-18-11(16)6-19-5-8(13)7-2-3-9-10(4-7)15-12(17)14-9/h2-4,8H,5-6,13H2,1H3,(H2,14,15,17). The Morgan fingerprint density at radius 2 is 2.11 bits per heavy atom. The van der Waals surface area contributed by atoms with Crippen LogP contribution in [-0.2, 0) is 14.3 Å². The highest BCUT2D eigenvalue weighted by atomic mass is 16.6. The SMILES string of the molecule is COC(=O)COCC(N)c1ccc2[nH]c(=O)[nH]c2c1. The lowest BCUT2D eigenvalue weighted by atomic mass is 10.1. The average Bonchev–Trinajstić information content (AvgIpc) is 2.77. The molecular formula is C12H15N3O4. The fourth-order valence-corrected chi connectivity index (χ4v) is 1.71. The molecule has 1 aromatic heterocycles. The number of hydrogen-bond donors (Lipinski definition) is 3. The minimum Gasteiger partial charge on any atom is -0.467 e. The largest absolute Gasteiger partial charge is 0.467 e. The Morgan fingerprint density at radius 1 is 1.37 bits per heavy atom. The Balaban J connectivity index is 2.02. The zero-order valence-corrected chi connectivity index (χ0v) is 10.4. The van der Waals surface area contributed by atoms with Crippen molar-refractivity contribution in [1.29, 1.82) is 0 Å². The molecule has 0 saturated heterocycles. The number of benzene rings is 1. The van der Waals surface area contributed by atoms with E-state index >= 15 is 0 Å². The second-order valence-electron chi connectivity index (χ2n) is 4.08. The van der Waals surface area contributed by atoms with E-state index in [9.17, 15) is 9.59 Å². The van der Waals surface area contributed by atoms with Crippen molar-refractivity contribution in [2.75, 3.05) is 20.3 Å². The molecule has 0 aliphatic rings. The number of nitrogens with two attached hydrogens (primary N) is 1. The van der Waals surface area contributed by atoms with E-state index in [1.807, 2.05) is 0 Å².